The summed E-state index contributed by atoms with van der Waals surface area (Å²) in [6.45, 7) is 0.482. The van der Waals surface area contributed by atoms with E-state index in [1.54, 1.807) is 55.6 Å². The van der Waals surface area contributed by atoms with E-state index < -0.39 is 17.1 Å². The number of anilines is 1. The van der Waals surface area contributed by atoms with E-state index in [0.29, 0.717) is 29.2 Å². The fourth-order valence-corrected chi connectivity index (χ4v) is 3.88. The Bertz CT molecular complexity index is 1150. The molecule has 5 rings (SSSR count). The number of amides is 1. The van der Waals surface area contributed by atoms with E-state index in [9.17, 15) is 9.59 Å². The van der Waals surface area contributed by atoms with Crippen LogP contribution in [0.4, 0.5) is 10.1 Å². The summed E-state index contributed by atoms with van der Waals surface area (Å²) in [7, 11) is 1.58. The molecule has 0 saturated heterocycles. The lowest BCUT2D eigenvalue weighted by molar-refractivity contribution is -0.127. The normalized spacial score (nSPS) is 21.7. The van der Waals surface area contributed by atoms with E-state index in [1.807, 2.05) is 0 Å². The van der Waals surface area contributed by atoms with Crippen molar-refractivity contribution in [2.45, 2.75) is 18.5 Å². The van der Waals surface area contributed by atoms with E-state index in [1.165, 1.54) is 9.47 Å². The molecule has 0 bridgehead atoms. The minimum absolute atomic E-state index is 0.204. The molecular weight excluding hydrogens is 345 g/mol. The molecule has 0 N–H and O–H groups in total. The van der Waals surface area contributed by atoms with Gasteiger partial charge in [0.15, 0.2) is 5.69 Å². The summed E-state index contributed by atoms with van der Waals surface area (Å²) >= 11 is 0. The van der Waals surface area contributed by atoms with Crippen LogP contribution in [-0.4, -0.2) is 22.0 Å². The number of nitrogens with zero attached hydrogens (tertiary/aromatic N) is 3. The average molecular weight is 363 g/mol. The standard InChI is InChI=1S/C21H18FN3O2/c1-24-17-9-5-3-7-15(17)23-18(19(24)26)21(22)14-6-2-4-8-16(14)25(20(21)27)12-13-10-11-13/h2-9,13H,10-12H2,1H3. The molecule has 1 aromatic heterocycles. The van der Waals surface area contributed by atoms with E-state index in [4.69, 9.17) is 0 Å². The largest absolute Gasteiger partial charge is 0.308 e. The lowest BCUT2D eigenvalue weighted by atomic mass is 9.93. The van der Waals surface area contributed by atoms with Crippen molar-refractivity contribution in [2.75, 3.05) is 11.4 Å². The van der Waals surface area contributed by atoms with Crippen LogP contribution in [0.15, 0.2) is 53.3 Å². The molecular formula is C21H18FN3O2. The maximum Gasteiger partial charge on any atom is 0.276 e. The summed E-state index contributed by atoms with van der Waals surface area (Å²) in [5.41, 5.74) is -1.69. The highest BCUT2D eigenvalue weighted by Crippen LogP contribution is 2.47. The molecule has 2 heterocycles. The number of carbonyl (C=O) groups excluding carboxylic acids is 1. The summed E-state index contributed by atoms with van der Waals surface area (Å²) in [5.74, 6) is -0.313. The summed E-state index contributed by atoms with van der Waals surface area (Å²) in [5, 5.41) is 0. The van der Waals surface area contributed by atoms with Crippen LogP contribution in [0.3, 0.4) is 0 Å². The number of rotatable bonds is 3. The second kappa shape index (κ2) is 5.49. The molecule has 6 heteroatoms. The van der Waals surface area contributed by atoms with Crippen LogP contribution in [0.25, 0.3) is 11.0 Å². The zero-order valence-electron chi connectivity index (χ0n) is 14.9. The molecule has 0 spiro atoms. The second-order valence-corrected chi connectivity index (χ2v) is 7.35. The third-order valence-electron chi connectivity index (χ3n) is 5.55. The monoisotopic (exact) mass is 363 g/mol. The number of hydrogen-bond donors (Lipinski definition) is 0. The van der Waals surface area contributed by atoms with Gasteiger partial charge in [-0.05, 0) is 37.0 Å². The fourth-order valence-electron chi connectivity index (χ4n) is 3.88. The Hall–Kier alpha value is -3.02. The molecule has 3 aromatic rings. The summed E-state index contributed by atoms with van der Waals surface area (Å²) in [4.78, 5) is 32.0. The number of halogens is 1. The summed E-state index contributed by atoms with van der Waals surface area (Å²) < 4.78 is 17.8. The smallest absolute Gasteiger partial charge is 0.276 e. The van der Waals surface area contributed by atoms with E-state index >= 15 is 4.39 Å². The molecule has 2 aliphatic rings. The number of benzene rings is 2. The van der Waals surface area contributed by atoms with Crippen molar-refractivity contribution in [3.8, 4) is 0 Å². The fraction of sp³-hybridized carbons (Fsp3) is 0.286. The number of aromatic nitrogens is 2. The first kappa shape index (κ1) is 16.2. The van der Waals surface area contributed by atoms with Crippen LogP contribution in [0, 0.1) is 5.92 Å². The Balaban J connectivity index is 1.77. The Morgan fingerprint density at radius 1 is 1.11 bits per heavy atom. The third kappa shape index (κ3) is 2.19. The van der Waals surface area contributed by atoms with Crippen LogP contribution >= 0.6 is 0 Å². The minimum Gasteiger partial charge on any atom is -0.308 e. The molecule has 136 valence electrons. The maximum absolute atomic E-state index is 16.5. The van der Waals surface area contributed by atoms with Gasteiger partial charge in [-0.3, -0.25) is 9.59 Å². The van der Waals surface area contributed by atoms with Crippen molar-refractivity contribution in [2.24, 2.45) is 13.0 Å². The molecule has 0 radical (unpaired) electrons. The average Bonchev–Trinajstić information content (AvgIpc) is 3.49. The molecule has 1 unspecified atom stereocenters. The first-order valence-electron chi connectivity index (χ1n) is 9.08. The van der Waals surface area contributed by atoms with Gasteiger partial charge in [-0.25, -0.2) is 9.37 Å². The van der Waals surface area contributed by atoms with Crippen LogP contribution < -0.4 is 10.5 Å². The van der Waals surface area contributed by atoms with Gasteiger partial charge in [-0.15, -0.1) is 0 Å². The predicted octanol–water partition coefficient (Wildman–Crippen LogP) is 2.90. The molecule has 2 aromatic carbocycles. The predicted molar refractivity (Wildman–Crippen MR) is 100 cm³/mol. The zero-order valence-corrected chi connectivity index (χ0v) is 14.9. The highest BCUT2D eigenvalue weighted by Gasteiger charge is 2.56. The Labute approximate surface area is 155 Å². The quantitative estimate of drug-likeness (QED) is 0.719. The van der Waals surface area contributed by atoms with Crippen molar-refractivity contribution >= 4 is 22.6 Å². The number of aryl methyl sites for hydroxylation is 1. The minimum atomic E-state index is -2.57. The molecule has 1 saturated carbocycles. The van der Waals surface area contributed by atoms with E-state index in [0.717, 1.165) is 12.8 Å². The van der Waals surface area contributed by atoms with Crippen molar-refractivity contribution in [3.05, 3.63) is 70.1 Å². The van der Waals surface area contributed by atoms with Gasteiger partial charge in [0.25, 0.3) is 17.1 Å². The molecule has 27 heavy (non-hydrogen) atoms. The number of alkyl halides is 1. The van der Waals surface area contributed by atoms with Gasteiger partial charge in [-0.1, -0.05) is 30.3 Å². The van der Waals surface area contributed by atoms with Gasteiger partial charge in [0.2, 0.25) is 0 Å². The van der Waals surface area contributed by atoms with Gasteiger partial charge in [0.1, 0.15) is 0 Å². The lowest BCUT2D eigenvalue weighted by Crippen LogP contribution is -2.43. The van der Waals surface area contributed by atoms with Gasteiger partial charge < -0.3 is 9.47 Å². The molecule has 1 aliphatic heterocycles. The molecule has 1 fully saturated rings. The molecule has 1 atom stereocenters. The van der Waals surface area contributed by atoms with Crippen LogP contribution in [0.2, 0.25) is 0 Å². The second-order valence-electron chi connectivity index (χ2n) is 7.35. The first-order valence-corrected chi connectivity index (χ1v) is 9.08. The lowest BCUT2D eigenvalue weighted by Gasteiger charge is -2.21. The Kier molecular flexibility index (Phi) is 3.29. The highest BCUT2D eigenvalue weighted by atomic mass is 19.1. The van der Waals surface area contributed by atoms with Gasteiger partial charge in [0.05, 0.1) is 16.7 Å². The van der Waals surface area contributed by atoms with E-state index in [-0.39, 0.29) is 11.3 Å². The summed E-state index contributed by atoms with van der Waals surface area (Å²) in [6, 6.07) is 13.8. The number of hydrogen-bond acceptors (Lipinski definition) is 3. The molecule has 5 nitrogen and oxygen atoms in total. The van der Waals surface area contributed by atoms with Crippen molar-refractivity contribution < 1.29 is 9.18 Å². The van der Waals surface area contributed by atoms with E-state index in [2.05, 4.69) is 4.98 Å². The van der Waals surface area contributed by atoms with Gasteiger partial charge in [0, 0.05) is 19.2 Å². The van der Waals surface area contributed by atoms with Crippen molar-refractivity contribution in [1.29, 1.82) is 0 Å². The van der Waals surface area contributed by atoms with Gasteiger partial charge in [-0.2, -0.15) is 0 Å². The van der Waals surface area contributed by atoms with Crippen LogP contribution in [0.5, 0.6) is 0 Å². The Morgan fingerprint density at radius 2 is 1.81 bits per heavy atom. The molecule has 1 amide bonds. The summed E-state index contributed by atoms with van der Waals surface area (Å²) in [6.07, 6.45) is 2.09. The number of carbonyl (C=O) groups is 1. The number of para-hydroxylation sites is 3. The SMILES string of the molecule is Cn1c(=O)c(C2(F)C(=O)N(CC3CC3)c3ccccc32)nc2ccccc21. The van der Waals surface area contributed by atoms with Crippen molar-refractivity contribution in [1.82, 2.24) is 9.55 Å². The van der Waals surface area contributed by atoms with Gasteiger partial charge >= 0.3 is 0 Å². The van der Waals surface area contributed by atoms with Crippen LogP contribution in [0.1, 0.15) is 24.1 Å². The van der Waals surface area contributed by atoms with Crippen molar-refractivity contribution in [3.63, 3.8) is 0 Å². The van der Waals surface area contributed by atoms with Crippen LogP contribution in [-0.2, 0) is 17.5 Å². The first-order chi connectivity index (χ1) is 13.0. The zero-order chi connectivity index (χ0) is 18.8. The maximum atomic E-state index is 16.5. The number of fused-ring (bicyclic) bond motifs is 2. The topological polar surface area (TPSA) is 55.2 Å². The third-order valence-corrected chi connectivity index (χ3v) is 5.55. The molecule has 1 aliphatic carbocycles. The highest BCUT2D eigenvalue weighted by molar-refractivity contribution is 6.09. The Morgan fingerprint density at radius 3 is 2.59 bits per heavy atom.